The molecule has 92 valence electrons. The van der Waals surface area contributed by atoms with Gasteiger partial charge < -0.3 is 10.6 Å². The summed E-state index contributed by atoms with van der Waals surface area (Å²) in [4.78, 5) is 0. The van der Waals surface area contributed by atoms with E-state index < -0.39 is 0 Å². The number of hydrogen-bond donors (Lipinski definition) is 2. The van der Waals surface area contributed by atoms with E-state index in [1.54, 1.807) is 0 Å². The minimum atomic E-state index is 0.468. The van der Waals surface area contributed by atoms with Crippen molar-refractivity contribution < 1.29 is 0 Å². The lowest BCUT2D eigenvalue weighted by atomic mass is 10.1. The molecule has 2 N–H and O–H groups in total. The van der Waals surface area contributed by atoms with Gasteiger partial charge in [-0.1, -0.05) is 6.92 Å². The molecule has 5 heteroatoms. The Labute approximate surface area is 102 Å². The summed E-state index contributed by atoms with van der Waals surface area (Å²) in [6, 6.07) is 2.18. The number of hydrogen-bond acceptors (Lipinski definition) is 5. The smallest absolute Gasteiger partial charge is 0.166 e. The highest BCUT2D eigenvalue weighted by Gasteiger charge is 2.11. The van der Waals surface area contributed by atoms with Crippen molar-refractivity contribution in [1.82, 2.24) is 15.5 Å². The SMILES string of the molecule is CNCC(C)CNc1nnc(C)c(C)c1C#N. The second-order valence-electron chi connectivity index (χ2n) is 4.29. The Hall–Kier alpha value is -1.67. The van der Waals surface area contributed by atoms with Crippen LogP contribution in [0.4, 0.5) is 5.82 Å². The predicted octanol–water partition coefficient (Wildman–Crippen LogP) is 1.23. The Morgan fingerprint density at radius 2 is 2.00 bits per heavy atom. The van der Waals surface area contributed by atoms with Gasteiger partial charge in [0.1, 0.15) is 11.6 Å². The summed E-state index contributed by atoms with van der Waals surface area (Å²) in [7, 11) is 1.92. The second kappa shape index (κ2) is 6.16. The van der Waals surface area contributed by atoms with Crippen LogP contribution in [0.5, 0.6) is 0 Å². The van der Waals surface area contributed by atoms with E-state index in [4.69, 9.17) is 5.26 Å². The quantitative estimate of drug-likeness (QED) is 0.800. The van der Waals surface area contributed by atoms with Crippen LogP contribution in [0.3, 0.4) is 0 Å². The Morgan fingerprint density at radius 3 is 2.59 bits per heavy atom. The van der Waals surface area contributed by atoms with Crippen LogP contribution in [0.1, 0.15) is 23.7 Å². The fourth-order valence-corrected chi connectivity index (χ4v) is 1.56. The van der Waals surface area contributed by atoms with Gasteiger partial charge in [-0.15, -0.1) is 5.10 Å². The Bertz CT molecular complexity index is 422. The van der Waals surface area contributed by atoms with Crippen LogP contribution in [-0.2, 0) is 0 Å². The zero-order valence-electron chi connectivity index (χ0n) is 10.8. The third kappa shape index (κ3) is 3.40. The molecule has 0 aliphatic heterocycles. The fraction of sp³-hybridized carbons (Fsp3) is 0.583. The second-order valence-corrected chi connectivity index (χ2v) is 4.29. The van der Waals surface area contributed by atoms with E-state index in [0.29, 0.717) is 17.3 Å². The van der Waals surface area contributed by atoms with Crippen LogP contribution >= 0.6 is 0 Å². The van der Waals surface area contributed by atoms with E-state index in [2.05, 4.69) is 33.8 Å². The Kier molecular flexibility index (Phi) is 4.85. The van der Waals surface area contributed by atoms with Gasteiger partial charge >= 0.3 is 0 Å². The number of nitrogens with zero attached hydrogens (tertiary/aromatic N) is 3. The highest BCUT2D eigenvalue weighted by Crippen LogP contribution is 2.17. The molecule has 0 aliphatic carbocycles. The van der Waals surface area contributed by atoms with Crippen molar-refractivity contribution in [3.05, 3.63) is 16.8 Å². The van der Waals surface area contributed by atoms with E-state index in [-0.39, 0.29) is 0 Å². The van der Waals surface area contributed by atoms with Gasteiger partial charge in [0, 0.05) is 6.54 Å². The maximum absolute atomic E-state index is 9.12. The van der Waals surface area contributed by atoms with E-state index in [1.807, 2.05) is 20.9 Å². The van der Waals surface area contributed by atoms with E-state index in [1.165, 1.54) is 0 Å². The summed E-state index contributed by atoms with van der Waals surface area (Å²) >= 11 is 0. The molecule has 0 spiro atoms. The Balaban J connectivity index is 2.79. The van der Waals surface area contributed by atoms with Crippen molar-refractivity contribution in [3.63, 3.8) is 0 Å². The topological polar surface area (TPSA) is 73.6 Å². The summed E-state index contributed by atoms with van der Waals surface area (Å²) in [5.41, 5.74) is 2.29. The predicted molar refractivity (Wildman–Crippen MR) is 67.8 cm³/mol. The fourth-order valence-electron chi connectivity index (χ4n) is 1.56. The lowest BCUT2D eigenvalue weighted by Crippen LogP contribution is -2.23. The van der Waals surface area contributed by atoms with E-state index in [9.17, 15) is 0 Å². The normalized spacial score (nSPS) is 11.9. The lowest BCUT2D eigenvalue weighted by molar-refractivity contribution is 0.568. The largest absolute Gasteiger partial charge is 0.367 e. The highest BCUT2D eigenvalue weighted by atomic mass is 15.2. The molecule has 0 amide bonds. The van der Waals surface area contributed by atoms with Crippen molar-refractivity contribution in [2.75, 3.05) is 25.5 Å². The molecule has 0 aromatic carbocycles. The van der Waals surface area contributed by atoms with Gasteiger partial charge in [-0.2, -0.15) is 10.4 Å². The molecule has 0 radical (unpaired) electrons. The standard InChI is InChI=1S/C12H19N5/c1-8(6-14-4)7-15-12-11(5-13)9(2)10(3)16-17-12/h8,14H,6-7H2,1-4H3,(H,15,17). The first kappa shape index (κ1) is 13.4. The molecule has 5 nitrogen and oxygen atoms in total. The van der Waals surface area contributed by atoms with Crippen molar-refractivity contribution >= 4 is 5.82 Å². The van der Waals surface area contributed by atoms with Gasteiger partial charge in [-0.05, 0) is 38.9 Å². The number of anilines is 1. The summed E-state index contributed by atoms with van der Waals surface area (Å²) in [6.45, 7) is 7.57. The summed E-state index contributed by atoms with van der Waals surface area (Å²) < 4.78 is 0. The van der Waals surface area contributed by atoms with Crippen molar-refractivity contribution in [2.45, 2.75) is 20.8 Å². The number of aromatic nitrogens is 2. The van der Waals surface area contributed by atoms with Crippen LogP contribution in [0.15, 0.2) is 0 Å². The molecule has 1 unspecified atom stereocenters. The summed E-state index contributed by atoms with van der Waals surface area (Å²) in [6.07, 6.45) is 0. The third-order valence-corrected chi connectivity index (χ3v) is 2.74. The molecule has 0 saturated heterocycles. The van der Waals surface area contributed by atoms with Crippen molar-refractivity contribution in [1.29, 1.82) is 5.26 Å². The molecule has 1 aromatic heterocycles. The van der Waals surface area contributed by atoms with Crippen LogP contribution in [0, 0.1) is 31.1 Å². The molecule has 1 rings (SSSR count). The van der Waals surface area contributed by atoms with Gasteiger partial charge in [-0.25, -0.2) is 0 Å². The summed E-state index contributed by atoms with van der Waals surface area (Å²) in [5, 5.41) is 23.5. The first-order chi connectivity index (χ1) is 8.10. The average Bonchev–Trinajstić information content (AvgIpc) is 2.31. The molecule has 1 atom stereocenters. The van der Waals surface area contributed by atoms with Gasteiger partial charge in [0.25, 0.3) is 0 Å². The first-order valence-electron chi connectivity index (χ1n) is 5.72. The third-order valence-electron chi connectivity index (χ3n) is 2.74. The number of nitrogens with one attached hydrogen (secondary N) is 2. The molecule has 17 heavy (non-hydrogen) atoms. The Morgan fingerprint density at radius 1 is 1.29 bits per heavy atom. The minimum absolute atomic E-state index is 0.468. The molecule has 1 heterocycles. The van der Waals surface area contributed by atoms with Crippen molar-refractivity contribution in [2.24, 2.45) is 5.92 Å². The molecular weight excluding hydrogens is 214 g/mol. The van der Waals surface area contributed by atoms with Gasteiger partial charge in [0.15, 0.2) is 5.82 Å². The van der Waals surface area contributed by atoms with Crippen LogP contribution in [-0.4, -0.2) is 30.3 Å². The van der Waals surface area contributed by atoms with Crippen LogP contribution in [0.2, 0.25) is 0 Å². The zero-order valence-corrected chi connectivity index (χ0v) is 10.8. The maximum Gasteiger partial charge on any atom is 0.166 e. The highest BCUT2D eigenvalue weighted by molar-refractivity contribution is 5.55. The van der Waals surface area contributed by atoms with Crippen LogP contribution in [0.25, 0.3) is 0 Å². The number of nitriles is 1. The van der Waals surface area contributed by atoms with Crippen molar-refractivity contribution in [3.8, 4) is 6.07 Å². The van der Waals surface area contributed by atoms with Gasteiger partial charge in [0.2, 0.25) is 0 Å². The lowest BCUT2D eigenvalue weighted by Gasteiger charge is -2.13. The number of rotatable bonds is 5. The van der Waals surface area contributed by atoms with Gasteiger partial charge in [-0.3, -0.25) is 0 Å². The monoisotopic (exact) mass is 233 g/mol. The first-order valence-corrected chi connectivity index (χ1v) is 5.72. The molecule has 0 saturated carbocycles. The van der Waals surface area contributed by atoms with Crippen LogP contribution < -0.4 is 10.6 Å². The molecule has 1 aromatic rings. The van der Waals surface area contributed by atoms with E-state index >= 15 is 0 Å². The molecule has 0 bridgehead atoms. The number of aryl methyl sites for hydroxylation is 1. The molecule has 0 aliphatic rings. The zero-order chi connectivity index (χ0) is 12.8. The average molecular weight is 233 g/mol. The minimum Gasteiger partial charge on any atom is -0.367 e. The molecular formula is C12H19N5. The van der Waals surface area contributed by atoms with E-state index in [0.717, 1.165) is 24.3 Å². The maximum atomic E-state index is 9.12. The molecule has 0 fully saturated rings. The summed E-state index contributed by atoms with van der Waals surface area (Å²) in [5.74, 6) is 1.05. The van der Waals surface area contributed by atoms with Gasteiger partial charge in [0.05, 0.1) is 5.69 Å².